The topological polar surface area (TPSA) is 0 Å². The van der Waals surface area contributed by atoms with E-state index in [4.69, 9.17) is 0 Å². The van der Waals surface area contributed by atoms with Crippen LogP contribution >= 0.6 is 0 Å². The van der Waals surface area contributed by atoms with Crippen molar-refractivity contribution in [1.82, 2.24) is 0 Å². The van der Waals surface area contributed by atoms with Gasteiger partial charge in [-0.3, -0.25) is 0 Å². The van der Waals surface area contributed by atoms with Gasteiger partial charge in [-0.05, 0) is 34.2 Å². The van der Waals surface area contributed by atoms with Crippen molar-refractivity contribution in [2.45, 2.75) is 32.4 Å². The van der Waals surface area contributed by atoms with Crippen LogP contribution < -0.4 is 0 Å². The number of benzene rings is 3. The highest BCUT2D eigenvalue weighted by molar-refractivity contribution is 5.69. The van der Waals surface area contributed by atoms with Crippen LogP contribution in [-0.2, 0) is 12.8 Å². The van der Waals surface area contributed by atoms with Gasteiger partial charge in [-0.1, -0.05) is 104 Å². The van der Waals surface area contributed by atoms with E-state index in [1.165, 1.54) is 17.5 Å². The van der Waals surface area contributed by atoms with E-state index in [0.717, 1.165) is 23.1 Å². The molecule has 0 aliphatic heterocycles. The van der Waals surface area contributed by atoms with E-state index in [2.05, 4.69) is 55.5 Å². The van der Waals surface area contributed by atoms with Crippen LogP contribution in [0.4, 0.5) is 4.39 Å². The lowest BCUT2D eigenvalue weighted by atomic mass is 10.0. The van der Waals surface area contributed by atoms with E-state index in [1.807, 2.05) is 42.5 Å². The first-order valence-corrected chi connectivity index (χ1v) is 9.29. The Morgan fingerprint density at radius 1 is 0.731 bits per heavy atom. The Morgan fingerprint density at radius 3 is 1.81 bits per heavy atom. The summed E-state index contributed by atoms with van der Waals surface area (Å²) < 4.78 is 14.4. The monoisotopic (exact) mass is 344 g/mol. The molecular weight excluding hydrogens is 319 g/mol. The van der Waals surface area contributed by atoms with Crippen LogP contribution in [0.2, 0.25) is 0 Å². The van der Waals surface area contributed by atoms with Crippen molar-refractivity contribution in [3.8, 4) is 0 Å². The van der Waals surface area contributed by atoms with Crippen molar-refractivity contribution in [1.29, 1.82) is 0 Å². The summed E-state index contributed by atoms with van der Waals surface area (Å²) in [6.45, 7) is 2.20. The summed E-state index contributed by atoms with van der Waals surface area (Å²) in [4.78, 5) is 0. The number of aryl methyl sites for hydroxylation is 1. The Hall–Kier alpha value is -2.67. The second-order valence-electron chi connectivity index (χ2n) is 6.65. The van der Waals surface area contributed by atoms with Crippen LogP contribution in [0.3, 0.4) is 0 Å². The predicted octanol–water partition coefficient (Wildman–Crippen LogP) is 7.06. The molecule has 0 unspecified atom stereocenters. The van der Waals surface area contributed by atoms with Gasteiger partial charge in [-0.15, -0.1) is 0 Å². The molecule has 0 nitrogen and oxygen atoms in total. The molecule has 0 heterocycles. The average molecular weight is 344 g/mol. The highest BCUT2D eigenvalue weighted by Crippen LogP contribution is 2.22. The van der Waals surface area contributed by atoms with E-state index >= 15 is 0 Å². The molecule has 3 aromatic rings. The molecule has 0 aliphatic rings. The van der Waals surface area contributed by atoms with E-state index in [0.29, 0.717) is 6.42 Å². The number of rotatable bonds is 7. The molecule has 26 heavy (non-hydrogen) atoms. The highest BCUT2D eigenvalue weighted by Gasteiger charge is 2.09. The van der Waals surface area contributed by atoms with Crippen molar-refractivity contribution >= 4 is 12.2 Å². The van der Waals surface area contributed by atoms with E-state index in [1.54, 1.807) is 0 Å². The van der Waals surface area contributed by atoms with Crippen molar-refractivity contribution in [2.24, 2.45) is 0 Å². The first kappa shape index (κ1) is 18.1. The summed E-state index contributed by atoms with van der Waals surface area (Å²) in [6, 6.07) is 26.2. The number of alkyl halides is 1. The lowest BCUT2D eigenvalue weighted by molar-refractivity contribution is 0.342. The van der Waals surface area contributed by atoms with Crippen LogP contribution in [0.5, 0.6) is 0 Å². The molecule has 3 rings (SSSR count). The van der Waals surface area contributed by atoms with Gasteiger partial charge in [0, 0.05) is 6.42 Å². The molecule has 0 aliphatic carbocycles. The van der Waals surface area contributed by atoms with Gasteiger partial charge in [0.2, 0.25) is 0 Å². The summed E-state index contributed by atoms with van der Waals surface area (Å²) in [6.07, 6.45) is 5.97. The van der Waals surface area contributed by atoms with E-state index < -0.39 is 6.17 Å². The third kappa shape index (κ3) is 5.16. The van der Waals surface area contributed by atoms with Gasteiger partial charge in [0.1, 0.15) is 6.17 Å². The maximum atomic E-state index is 14.4. The first-order chi connectivity index (χ1) is 12.7. The Labute approximate surface area is 156 Å². The first-order valence-electron chi connectivity index (χ1n) is 9.29. The maximum absolute atomic E-state index is 14.4. The van der Waals surface area contributed by atoms with Gasteiger partial charge in [0.05, 0.1) is 0 Å². The zero-order valence-electron chi connectivity index (χ0n) is 15.2. The average Bonchev–Trinajstić information content (AvgIpc) is 2.69. The molecule has 0 saturated carbocycles. The van der Waals surface area contributed by atoms with Crippen LogP contribution in [0.1, 0.15) is 47.3 Å². The van der Waals surface area contributed by atoms with Crippen molar-refractivity contribution in [3.63, 3.8) is 0 Å². The summed E-state index contributed by atoms with van der Waals surface area (Å²) >= 11 is 0. The maximum Gasteiger partial charge on any atom is 0.129 e. The van der Waals surface area contributed by atoms with Crippen LogP contribution in [0.25, 0.3) is 12.2 Å². The molecule has 0 aromatic heterocycles. The third-order valence-corrected chi connectivity index (χ3v) is 4.54. The molecule has 0 saturated heterocycles. The third-order valence-electron chi connectivity index (χ3n) is 4.54. The SMILES string of the molecule is CCCc1ccc(C=Cc2ccc(C[C@H](F)c3ccccc3)cc2)cc1. The second-order valence-corrected chi connectivity index (χ2v) is 6.65. The number of halogens is 1. The van der Waals surface area contributed by atoms with E-state index in [9.17, 15) is 4.39 Å². The van der Waals surface area contributed by atoms with Gasteiger partial charge in [-0.25, -0.2) is 4.39 Å². The summed E-state index contributed by atoms with van der Waals surface area (Å²) in [5.41, 5.74) is 5.46. The molecular formula is C25H25F. The minimum Gasteiger partial charge on any atom is -0.242 e. The summed E-state index contributed by atoms with van der Waals surface area (Å²) in [5, 5.41) is 0. The quantitative estimate of drug-likeness (QED) is 0.402. The van der Waals surface area contributed by atoms with Crippen LogP contribution in [0.15, 0.2) is 78.9 Å². The number of hydrogen-bond acceptors (Lipinski definition) is 0. The molecule has 132 valence electrons. The second kappa shape index (κ2) is 9.15. The molecule has 1 atom stereocenters. The Morgan fingerprint density at radius 2 is 1.27 bits per heavy atom. The van der Waals surface area contributed by atoms with Gasteiger partial charge >= 0.3 is 0 Å². The minimum atomic E-state index is -0.959. The minimum absolute atomic E-state index is 0.410. The Balaban J connectivity index is 1.60. The van der Waals surface area contributed by atoms with Crippen LogP contribution in [0, 0.1) is 0 Å². The predicted molar refractivity (Wildman–Crippen MR) is 110 cm³/mol. The van der Waals surface area contributed by atoms with Crippen LogP contribution in [-0.4, -0.2) is 0 Å². The zero-order valence-corrected chi connectivity index (χ0v) is 15.2. The zero-order chi connectivity index (χ0) is 18.2. The number of hydrogen-bond donors (Lipinski definition) is 0. The molecule has 0 N–H and O–H groups in total. The lowest BCUT2D eigenvalue weighted by Gasteiger charge is -2.08. The van der Waals surface area contributed by atoms with Gasteiger partial charge < -0.3 is 0 Å². The molecule has 1 heteroatoms. The molecule has 0 bridgehead atoms. The van der Waals surface area contributed by atoms with Gasteiger partial charge in [0.25, 0.3) is 0 Å². The normalized spacial score (nSPS) is 12.4. The lowest BCUT2D eigenvalue weighted by Crippen LogP contribution is -1.96. The molecule has 0 amide bonds. The van der Waals surface area contributed by atoms with Crippen molar-refractivity contribution in [2.75, 3.05) is 0 Å². The highest BCUT2D eigenvalue weighted by atomic mass is 19.1. The summed E-state index contributed by atoms with van der Waals surface area (Å²) in [7, 11) is 0. The van der Waals surface area contributed by atoms with E-state index in [-0.39, 0.29) is 0 Å². The summed E-state index contributed by atoms with van der Waals surface area (Å²) in [5.74, 6) is 0. The van der Waals surface area contributed by atoms with Gasteiger partial charge in [0.15, 0.2) is 0 Å². The fourth-order valence-corrected chi connectivity index (χ4v) is 3.03. The molecule has 0 fully saturated rings. The Kier molecular flexibility index (Phi) is 6.38. The molecule has 0 spiro atoms. The van der Waals surface area contributed by atoms with Gasteiger partial charge in [-0.2, -0.15) is 0 Å². The largest absolute Gasteiger partial charge is 0.242 e. The standard InChI is InChI=1S/C25H25F/c1-2-6-20-9-11-21(12-10-20)13-14-22-15-17-23(18-16-22)19-25(26)24-7-4-3-5-8-24/h3-5,7-18,25H,2,6,19H2,1H3/t25-/m0/s1. The van der Waals surface area contributed by atoms with Crippen molar-refractivity contribution in [3.05, 3.63) is 107 Å². The fourth-order valence-electron chi connectivity index (χ4n) is 3.03. The fraction of sp³-hybridized carbons (Fsp3) is 0.200. The smallest absolute Gasteiger partial charge is 0.129 e. The van der Waals surface area contributed by atoms with Crippen molar-refractivity contribution < 1.29 is 4.39 Å². The molecule has 3 aromatic carbocycles. The molecule has 0 radical (unpaired) electrons. The Bertz CT molecular complexity index is 814.